The Bertz CT molecular complexity index is 267. The first-order valence-corrected chi connectivity index (χ1v) is 6.57. The SMILES string of the molecule is CC[C@@H]1C[C@@H]2CC(C(CN)CC(=O)O)[C@@H]2C1. The van der Waals surface area contributed by atoms with Crippen molar-refractivity contribution in [3.05, 3.63) is 0 Å². The van der Waals surface area contributed by atoms with Crippen LogP contribution in [0.4, 0.5) is 0 Å². The summed E-state index contributed by atoms with van der Waals surface area (Å²) in [7, 11) is 0. The lowest BCUT2D eigenvalue weighted by atomic mass is 9.61. The highest BCUT2D eigenvalue weighted by atomic mass is 16.4. The minimum Gasteiger partial charge on any atom is -0.481 e. The molecule has 2 unspecified atom stereocenters. The van der Waals surface area contributed by atoms with Crippen LogP contribution in [-0.4, -0.2) is 17.6 Å². The van der Waals surface area contributed by atoms with Gasteiger partial charge in [-0.2, -0.15) is 0 Å². The molecular formula is C13H23NO2. The largest absolute Gasteiger partial charge is 0.481 e. The molecule has 3 nitrogen and oxygen atoms in total. The van der Waals surface area contributed by atoms with E-state index in [1.165, 1.54) is 25.7 Å². The monoisotopic (exact) mass is 225 g/mol. The zero-order chi connectivity index (χ0) is 11.7. The molecule has 2 rings (SSSR count). The summed E-state index contributed by atoms with van der Waals surface area (Å²) in [5, 5.41) is 8.87. The molecule has 0 aliphatic heterocycles. The number of carbonyl (C=O) groups is 1. The van der Waals surface area contributed by atoms with E-state index in [0.717, 1.165) is 17.8 Å². The number of hydrogen-bond donors (Lipinski definition) is 2. The summed E-state index contributed by atoms with van der Waals surface area (Å²) in [5.74, 6) is 2.69. The maximum atomic E-state index is 10.8. The van der Waals surface area contributed by atoms with Crippen molar-refractivity contribution in [3.8, 4) is 0 Å². The molecule has 2 fully saturated rings. The van der Waals surface area contributed by atoms with Gasteiger partial charge in [0.15, 0.2) is 0 Å². The predicted molar refractivity (Wildman–Crippen MR) is 62.9 cm³/mol. The van der Waals surface area contributed by atoms with E-state index < -0.39 is 5.97 Å². The molecule has 2 aliphatic rings. The van der Waals surface area contributed by atoms with Crippen molar-refractivity contribution in [2.24, 2.45) is 35.3 Å². The zero-order valence-corrected chi connectivity index (χ0v) is 10.1. The van der Waals surface area contributed by atoms with Gasteiger partial charge in [-0.25, -0.2) is 0 Å². The smallest absolute Gasteiger partial charge is 0.303 e. The molecule has 0 aromatic rings. The Morgan fingerprint density at radius 3 is 2.75 bits per heavy atom. The van der Waals surface area contributed by atoms with Gasteiger partial charge >= 0.3 is 5.97 Å². The molecule has 2 aliphatic carbocycles. The Morgan fingerprint density at radius 1 is 1.44 bits per heavy atom. The summed E-state index contributed by atoms with van der Waals surface area (Å²) < 4.78 is 0. The lowest BCUT2D eigenvalue weighted by molar-refractivity contribution is -0.139. The molecular weight excluding hydrogens is 202 g/mol. The van der Waals surface area contributed by atoms with E-state index in [-0.39, 0.29) is 12.3 Å². The molecule has 0 amide bonds. The third kappa shape index (κ3) is 2.10. The van der Waals surface area contributed by atoms with Crippen LogP contribution >= 0.6 is 0 Å². The summed E-state index contributed by atoms with van der Waals surface area (Å²) in [6, 6.07) is 0. The first-order valence-electron chi connectivity index (χ1n) is 6.57. The number of fused-ring (bicyclic) bond motifs is 1. The molecule has 5 atom stereocenters. The first kappa shape index (κ1) is 11.9. The van der Waals surface area contributed by atoms with Crippen LogP contribution in [-0.2, 0) is 4.79 Å². The minimum atomic E-state index is -0.691. The van der Waals surface area contributed by atoms with Gasteiger partial charge < -0.3 is 10.8 Å². The summed E-state index contributed by atoms with van der Waals surface area (Å²) in [4.78, 5) is 10.8. The number of rotatable bonds is 5. The third-order valence-electron chi connectivity index (χ3n) is 4.89. The molecule has 0 radical (unpaired) electrons. The van der Waals surface area contributed by atoms with Crippen molar-refractivity contribution in [1.82, 2.24) is 0 Å². The van der Waals surface area contributed by atoms with Gasteiger partial charge in [0.05, 0.1) is 0 Å². The lowest BCUT2D eigenvalue weighted by Crippen LogP contribution is -2.41. The van der Waals surface area contributed by atoms with Crippen LogP contribution in [0.3, 0.4) is 0 Å². The summed E-state index contributed by atoms with van der Waals surface area (Å²) in [5.41, 5.74) is 5.72. The van der Waals surface area contributed by atoms with Crippen molar-refractivity contribution in [2.75, 3.05) is 6.54 Å². The standard InChI is InChI=1S/C13H23NO2/c1-2-8-3-9-5-12(11(9)4-8)10(7-14)6-13(15)16/h8-12H,2-7,14H2,1H3,(H,15,16)/t8-,9-,10?,11-,12?/m1/s1. The molecule has 92 valence electrons. The summed E-state index contributed by atoms with van der Waals surface area (Å²) >= 11 is 0. The Kier molecular flexibility index (Phi) is 3.53. The van der Waals surface area contributed by atoms with Gasteiger partial charge in [0.2, 0.25) is 0 Å². The van der Waals surface area contributed by atoms with Gasteiger partial charge in [-0.05, 0) is 55.4 Å². The third-order valence-corrected chi connectivity index (χ3v) is 4.89. The minimum absolute atomic E-state index is 0.217. The van der Waals surface area contributed by atoms with E-state index in [1.54, 1.807) is 0 Å². The Labute approximate surface area is 97.4 Å². The number of nitrogens with two attached hydrogens (primary N) is 1. The van der Waals surface area contributed by atoms with Crippen molar-refractivity contribution in [3.63, 3.8) is 0 Å². The highest BCUT2D eigenvalue weighted by Crippen LogP contribution is 2.56. The number of aliphatic carboxylic acids is 1. The first-order chi connectivity index (χ1) is 7.65. The average molecular weight is 225 g/mol. The van der Waals surface area contributed by atoms with Crippen molar-refractivity contribution < 1.29 is 9.90 Å². The Morgan fingerprint density at radius 2 is 2.19 bits per heavy atom. The highest BCUT2D eigenvalue weighted by Gasteiger charge is 2.49. The van der Waals surface area contributed by atoms with E-state index >= 15 is 0 Å². The maximum absolute atomic E-state index is 10.8. The average Bonchev–Trinajstić information content (AvgIpc) is 2.54. The van der Waals surface area contributed by atoms with Crippen LogP contribution in [0.5, 0.6) is 0 Å². The zero-order valence-electron chi connectivity index (χ0n) is 10.1. The highest BCUT2D eigenvalue weighted by molar-refractivity contribution is 5.67. The molecule has 0 spiro atoms. The Balaban J connectivity index is 1.90. The maximum Gasteiger partial charge on any atom is 0.303 e. The number of carboxylic acids is 1. The second-order valence-corrected chi connectivity index (χ2v) is 5.66. The van der Waals surface area contributed by atoms with Gasteiger partial charge in [-0.3, -0.25) is 4.79 Å². The molecule has 3 N–H and O–H groups in total. The molecule has 0 saturated heterocycles. The fourth-order valence-electron chi connectivity index (χ4n) is 3.91. The van der Waals surface area contributed by atoms with Crippen LogP contribution < -0.4 is 5.73 Å². The van der Waals surface area contributed by atoms with Gasteiger partial charge in [-0.1, -0.05) is 13.3 Å². The van der Waals surface area contributed by atoms with E-state index in [0.29, 0.717) is 12.5 Å². The summed E-state index contributed by atoms with van der Waals surface area (Å²) in [6.45, 7) is 2.80. The number of carboxylic acid groups (broad SMARTS) is 1. The molecule has 16 heavy (non-hydrogen) atoms. The van der Waals surface area contributed by atoms with E-state index in [4.69, 9.17) is 10.8 Å². The van der Waals surface area contributed by atoms with Gasteiger partial charge in [0, 0.05) is 6.42 Å². The van der Waals surface area contributed by atoms with Crippen molar-refractivity contribution in [2.45, 2.75) is 39.0 Å². The molecule has 3 heteroatoms. The van der Waals surface area contributed by atoms with Gasteiger partial charge in [0.1, 0.15) is 0 Å². The second kappa shape index (κ2) is 4.74. The fourth-order valence-corrected chi connectivity index (χ4v) is 3.91. The quantitative estimate of drug-likeness (QED) is 0.753. The second-order valence-electron chi connectivity index (χ2n) is 5.66. The van der Waals surface area contributed by atoms with E-state index in [1.807, 2.05) is 0 Å². The van der Waals surface area contributed by atoms with E-state index in [9.17, 15) is 4.79 Å². The van der Waals surface area contributed by atoms with Crippen LogP contribution in [0, 0.1) is 29.6 Å². The molecule has 0 aromatic heterocycles. The lowest BCUT2D eigenvalue weighted by Gasteiger charge is -2.44. The fraction of sp³-hybridized carbons (Fsp3) is 0.923. The van der Waals surface area contributed by atoms with E-state index in [2.05, 4.69) is 6.92 Å². The van der Waals surface area contributed by atoms with Gasteiger partial charge in [-0.15, -0.1) is 0 Å². The molecule has 0 bridgehead atoms. The number of hydrogen-bond acceptors (Lipinski definition) is 2. The molecule has 2 saturated carbocycles. The normalized spacial score (nSPS) is 38.9. The Hall–Kier alpha value is -0.570. The van der Waals surface area contributed by atoms with Crippen LogP contribution in [0.15, 0.2) is 0 Å². The van der Waals surface area contributed by atoms with Crippen molar-refractivity contribution in [1.29, 1.82) is 0 Å². The molecule has 0 aromatic carbocycles. The van der Waals surface area contributed by atoms with Crippen LogP contribution in [0.25, 0.3) is 0 Å². The molecule has 0 heterocycles. The predicted octanol–water partition coefficient (Wildman–Crippen LogP) is 2.11. The van der Waals surface area contributed by atoms with Crippen LogP contribution in [0.1, 0.15) is 39.0 Å². The summed E-state index contributed by atoms with van der Waals surface area (Å²) in [6.07, 6.45) is 5.48. The van der Waals surface area contributed by atoms with Crippen LogP contribution in [0.2, 0.25) is 0 Å². The topological polar surface area (TPSA) is 63.3 Å². The van der Waals surface area contributed by atoms with Crippen molar-refractivity contribution >= 4 is 5.97 Å². The van der Waals surface area contributed by atoms with Gasteiger partial charge in [0.25, 0.3) is 0 Å².